The first-order valence-corrected chi connectivity index (χ1v) is 12.0. The number of nitrogens with one attached hydrogen (secondary N) is 2. The molecule has 38 heavy (non-hydrogen) atoms. The minimum Gasteiger partial charge on any atom is -0.497 e. The van der Waals surface area contributed by atoms with E-state index in [9.17, 15) is 4.79 Å². The van der Waals surface area contributed by atoms with Crippen molar-refractivity contribution in [3.8, 4) is 39.3 Å². The van der Waals surface area contributed by atoms with E-state index in [1.165, 1.54) is 10.6 Å². The largest absolute Gasteiger partial charge is 0.497 e. The molecule has 0 aliphatic carbocycles. The van der Waals surface area contributed by atoms with Gasteiger partial charge in [0.05, 0.1) is 18.2 Å². The number of fused-ring (bicyclic) bond motifs is 1. The molecule has 7 nitrogen and oxygen atoms in total. The fraction of sp³-hybridized carbons (Fsp3) is 0.0333. The number of aromatic nitrogens is 4. The third kappa shape index (κ3) is 4.08. The highest BCUT2D eigenvalue weighted by molar-refractivity contribution is 5.92. The van der Waals surface area contributed by atoms with Gasteiger partial charge in [-0.05, 0) is 35.9 Å². The highest BCUT2D eigenvalue weighted by atomic mass is 19.1. The summed E-state index contributed by atoms with van der Waals surface area (Å²) in [6.07, 6.45) is 1.66. The lowest BCUT2D eigenvalue weighted by Gasteiger charge is -2.13. The molecule has 0 spiro atoms. The molecule has 6 rings (SSSR count). The number of halogens is 1. The second-order valence-electron chi connectivity index (χ2n) is 8.58. The molecule has 0 fully saturated rings. The number of pyridine rings is 1. The number of aromatic amines is 1. The summed E-state index contributed by atoms with van der Waals surface area (Å²) in [4.78, 5) is 21.8. The van der Waals surface area contributed by atoms with Crippen LogP contribution in [0.1, 0.15) is 0 Å². The van der Waals surface area contributed by atoms with Crippen molar-refractivity contribution in [1.82, 2.24) is 19.6 Å². The van der Waals surface area contributed by atoms with E-state index in [1.54, 1.807) is 67.9 Å². The number of methoxy groups -OCH3 is 1. The van der Waals surface area contributed by atoms with Gasteiger partial charge < -0.3 is 15.0 Å². The minimum absolute atomic E-state index is 0.331. The molecule has 0 saturated heterocycles. The number of rotatable bonds is 6. The number of benzene rings is 3. The SMILES string of the molecule is COc1ccc(-c2c(Nc3ccccn3)[nH]c3c(-c4ccccc4F)c(-c4ccccc4)nn3c2=O)cc1. The van der Waals surface area contributed by atoms with Crippen molar-refractivity contribution < 1.29 is 9.13 Å². The monoisotopic (exact) mass is 503 g/mol. The zero-order valence-electron chi connectivity index (χ0n) is 20.4. The molecule has 0 bridgehead atoms. The van der Waals surface area contributed by atoms with Crippen LogP contribution in [0.25, 0.3) is 39.2 Å². The first kappa shape index (κ1) is 23.2. The lowest BCUT2D eigenvalue weighted by molar-refractivity contribution is 0.415. The second-order valence-corrected chi connectivity index (χ2v) is 8.58. The number of nitrogens with zero attached hydrogens (tertiary/aromatic N) is 3. The standard InChI is InChI=1S/C30H22FN5O2/c1-38-21-16-14-19(15-17-21)25-28(33-24-13-7-8-18-32-24)34-29-26(22-11-5-6-12-23(22)31)27(35-36(29)30(25)37)20-9-3-2-4-10-20/h2-18,34H,1H3,(H,32,33). The zero-order chi connectivity index (χ0) is 26.1. The Morgan fingerprint density at radius 3 is 2.29 bits per heavy atom. The van der Waals surface area contributed by atoms with Crippen molar-refractivity contribution in [2.45, 2.75) is 0 Å². The summed E-state index contributed by atoms with van der Waals surface area (Å²) in [5.41, 5.74) is 3.04. The molecule has 0 amide bonds. The molecule has 8 heteroatoms. The maximum absolute atomic E-state index is 15.2. The molecular weight excluding hydrogens is 481 g/mol. The van der Waals surface area contributed by atoms with Crippen LogP contribution in [0, 0.1) is 5.82 Å². The number of anilines is 2. The van der Waals surface area contributed by atoms with Gasteiger partial charge in [-0.1, -0.05) is 66.7 Å². The van der Waals surface area contributed by atoms with E-state index in [0.29, 0.717) is 51.0 Å². The normalized spacial score (nSPS) is 11.0. The van der Waals surface area contributed by atoms with Crippen LogP contribution in [-0.4, -0.2) is 26.7 Å². The van der Waals surface area contributed by atoms with Crippen LogP contribution >= 0.6 is 0 Å². The lowest BCUT2D eigenvalue weighted by Crippen LogP contribution is -2.19. The molecule has 0 aliphatic rings. The summed E-state index contributed by atoms with van der Waals surface area (Å²) in [6.45, 7) is 0. The summed E-state index contributed by atoms with van der Waals surface area (Å²) < 4.78 is 21.8. The molecule has 186 valence electrons. The van der Waals surface area contributed by atoms with Crippen molar-refractivity contribution in [1.29, 1.82) is 0 Å². The van der Waals surface area contributed by atoms with Crippen LogP contribution in [0.4, 0.5) is 16.0 Å². The Hall–Kier alpha value is -5.24. The Morgan fingerprint density at radius 2 is 1.58 bits per heavy atom. The van der Waals surface area contributed by atoms with Gasteiger partial charge in [0.15, 0.2) is 0 Å². The van der Waals surface area contributed by atoms with E-state index in [1.807, 2.05) is 36.4 Å². The summed E-state index contributed by atoms with van der Waals surface area (Å²) in [7, 11) is 1.58. The predicted molar refractivity (Wildman–Crippen MR) is 146 cm³/mol. The van der Waals surface area contributed by atoms with Crippen LogP contribution in [0.5, 0.6) is 5.75 Å². The van der Waals surface area contributed by atoms with Crippen molar-refractivity contribution >= 4 is 17.3 Å². The third-order valence-electron chi connectivity index (χ3n) is 6.27. The molecule has 0 radical (unpaired) electrons. The Bertz CT molecular complexity index is 1800. The molecule has 2 N–H and O–H groups in total. The fourth-order valence-electron chi connectivity index (χ4n) is 4.48. The zero-order valence-corrected chi connectivity index (χ0v) is 20.4. The van der Waals surface area contributed by atoms with E-state index < -0.39 is 5.82 Å². The van der Waals surface area contributed by atoms with E-state index in [4.69, 9.17) is 9.84 Å². The van der Waals surface area contributed by atoms with Gasteiger partial charge in [-0.25, -0.2) is 9.37 Å². The molecule has 0 unspecified atom stereocenters. The highest BCUT2D eigenvalue weighted by Gasteiger charge is 2.24. The third-order valence-corrected chi connectivity index (χ3v) is 6.27. The van der Waals surface area contributed by atoms with Crippen LogP contribution < -0.4 is 15.6 Å². The van der Waals surface area contributed by atoms with Gasteiger partial charge in [-0.2, -0.15) is 9.61 Å². The molecule has 3 aromatic carbocycles. The van der Waals surface area contributed by atoms with Gasteiger partial charge in [-0.3, -0.25) is 4.79 Å². The van der Waals surface area contributed by atoms with Gasteiger partial charge in [0.1, 0.15) is 34.5 Å². The topological polar surface area (TPSA) is 84.3 Å². The van der Waals surface area contributed by atoms with Crippen LogP contribution in [0.2, 0.25) is 0 Å². The molecule has 0 aliphatic heterocycles. The molecule has 3 heterocycles. The quantitative estimate of drug-likeness (QED) is 0.278. The second kappa shape index (κ2) is 9.67. The van der Waals surface area contributed by atoms with Crippen molar-refractivity contribution in [3.63, 3.8) is 0 Å². The average Bonchev–Trinajstić information content (AvgIpc) is 3.34. The number of hydrogen-bond acceptors (Lipinski definition) is 5. The van der Waals surface area contributed by atoms with Crippen LogP contribution in [0.15, 0.2) is 108 Å². The Kier molecular flexibility index (Phi) is 5.89. The molecule has 0 saturated carbocycles. The first-order valence-electron chi connectivity index (χ1n) is 12.0. The number of H-pyrrole nitrogens is 1. The van der Waals surface area contributed by atoms with E-state index in [2.05, 4.69) is 15.3 Å². The van der Waals surface area contributed by atoms with E-state index >= 15 is 4.39 Å². The summed E-state index contributed by atoms with van der Waals surface area (Å²) >= 11 is 0. The summed E-state index contributed by atoms with van der Waals surface area (Å²) in [5.74, 6) is 1.19. The van der Waals surface area contributed by atoms with Crippen LogP contribution in [-0.2, 0) is 0 Å². The average molecular weight is 504 g/mol. The van der Waals surface area contributed by atoms with Crippen molar-refractivity contribution in [3.05, 3.63) is 119 Å². The van der Waals surface area contributed by atoms with Gasteiger partial charge in [0.25, 0.3) is 5.56 Å². The smallest absolute Gasteiger partial charge is 0.284 e. The fourth-order valence-corrected chi connectivity index (χ4v) is 4.48. The van der Waals surface area contributed by atoms with Gasteiger partial charge in [0.2, 0.25) is 0 Å². The Labute approximate surface area is 217 Å². The van der Waals surface area contributed by atoms with E-state index in [0.717, 1.165) is 5.56 Å². The Balaban J connectivity index is 1.69. The molecule has 6 aromatic rings. The van der Waals surface area contributed by atoms with Gasteiger partial charge >= 0.3 is 0 Å². The predicted octanol–water partition coefficient (Wildman–Crippen LogP) is 6.31. The molecular formula is C30H22FN5O2. The number of ether oxygens (including phenoxy) is 1. The summed E-state index contributed by atoms with van der Waals surface area (Å²) in [6, 6.07) is 28.5. The van der Waals surface area contributed by atoms with E-state index in [-0.39, 0.29) is 5.56 Å². The highest BCUT2D eigenvalue weighted by Crippen LogP contribution is 2.37. The Morgan fingerprint density at radius 1 is 0.842 bits per heavy atom. The minimum atomic E-state index is -0.418. The molecule has 0 atom stereocenters. The summed E-state index contributed by atoms with van der Waals surface area (Å²) in [5, 5.41) is 7.95. The van der Waals surface area contributed by atoms with Crippen molar-refractivity contribution in [2.24, 2.45) is 0 Å². The van der Waals surface area contributed by atoms with Crippen molar-refractivity contribution in [2.75, 3.05) is 12.4 Å². The lowest BCUT2D eigenvalue weighted by atomic mass is 10.0. The first-order chi connectivity index (χ1) is 18.6. The van der Waals surface area contributed by atoms with Gasteiger partial charge in [0, 0.05) is 17.3 Å². The van der Waals surface area contributed by atoms with Crippen LogP contribution in [0.3, 0.4) is 0 Å². The maximum Gasteiger partial charge on any atom is 0.284 e. The number of hydrogen-bond donors (Lipinski definition) is 2. The maximum atomic E-state index is 15.2. The molecule has 3 aromatic heterocycles. The van der Waals surface area contributed by atoms with Gasteiger partial charge in [-0.15, -0.1) is 0 Å².